The van der Waals surface area contributed by atoms with Crippen molar-refractivity contribution >= 4 is 5.71 Å². The molecule has 2 nitrogen and oxygen atoms in total. The van der Waals surface area contributed by atoms with Gasteiger partial charge in [-0.1, -0.05) is 0 Å². The Morgan fingerprint density at radius 1 is 1.30 bits per heavy atom. The Kier molecular flexibility index (Phi) is 1.35. The van der Waals surface area contributed by atoms with Crippen LogP contribution in [0.4, 0.5) is 0 Å². The van der Waals surface area contributed by atoms with Crippen LogP contribution in [-0.4, -0.2) is 10.5 Å². The van der Waals surface area contributed by atoms with Gasteiger partial charge in [0.2, 0.25) is 0 Å². The third kappa shape index (κ3) is 0.800. The van der Waals surface area contributed by atoms with Gasteiger partial charge in [-0.3, -0.25) is 0 Å². The minimum absolute atomic E-state index is 0.917. The third-order valence-electron chi connectivity index (χ3n) is 2.71. The van der Waals surface area contributed by atoms with Gasteiger partial charge in [-0.05, 0) is 31.6 Å². The molecular formula is C8H11N2. The minimum Gasteiger partial charge on any atom is -0.362 e. The predicted octanol–water partition coefficient (Wildman–Crippen LogP) is 1.83. The summed E-state index contributed by atoms with van der Waals surface area (Å²) in [5, 5.41) is 0. The summed E-state index contributed by atoms with van der Waals surface area (Å²) in [6, 6.07) is 0. The van der Waals surface area contributed by atoms with E-state index < -0.39 is 0 Å². The zero-order valence-corrected chi connectivity index (χ0v) is 6.01. The molecule has 0 aliphatic heterocycles. The molecule has 0 N–H and O–H groups in total. The Bertz CT molecular complexity index is 191. The molecule has 2 bridgehead atoms. The first-order valence-corrected chi connectivity index (χ1v) is 3.96. The predicted molar refractivity (Wildman–Crippen MR) is 38.4 cm³/mol. The van der Waals surface area contributed by atoms with Crippen LogP contribution in [0, 0.1) is 11.8 Å². The summed E-state index contributed by atoms with van der Waals surface area (Å²) in [6.45, 7) is 0. The van der Waals surface area contributed by atoms with E-state index in [9.17, 15) is 0 Å². The van der Waals surface area contributed by atoms with Crippen LogP contribution in [0.3, 0.4) is 0 Å². The number of hydrogen-bond acceptors (Lipinski definition) is 0. The van der Waals surface area contributed by atoms with Crippen LogP contribution in [0.1, 0.15) is 32.1 Å². The van der Waals surface area contributed by atoms with Crippen LogP contribution < -0.4 is 0 Å². The molecule has 2 rings (SSSR count). The average Bonchev–Trinajstić information content (AvgIpc) is 2.34. The standard InChI is InChI=1S/C8H11N2/c9-10-8-4-2-6-1-3-7(8)5-6/h6H,1-5H2. The second-order valence-corrected chi connectivity index (χ2v) is 3.30. The van der Waals surface area contributed by atoms with Gasteiger partial charge in [0.25, 0.3) is 5.71 Å². The van der Waals surface area contributed by atoms with Crippen molar-refractivity contribution in [3.63, 3.8) is 0 Å². The molecule has 2 aliphatic rings. The summed E-state index contributed by atoms with van der Waals surface area (Å²) in [5.74, 6) is 2.33. The van der Waals surface area contributed by atoms with E-state index in [1.54, 1.807) is 0 Å². The number of nitrogens with zero attached hydrogens (tertiary/aromatic N) is 2. The highest BCUT2D eigenvalue weighted by molar-refractivity contribution is 5.93. The van der Waals surface area contributed by atoms with Gasteiger partial charge in [-0.25, -0.2) is 0 Å². The maximum absolute atomic E-state index is 8.58. The van der Waals surface area contributed by atoms with Crippen molar-refractivity contribution in [2.75, 3.05) is 0 Å². The van der Waals surface area contributed by atoms with E-state index in [-0.39, 0.29) is 0 Å². The van der Waals surface area contributed by atoms with Crippen molar-refractivity contribution in [1.82, 2.24) is 0 Å². The van der Waals surface area contributed by atoms with Crippen LogP contribution in [0.2, 0.25) is 0 Å². The summed E-state index contributed by atoms with van der Waals surface area (Å²) in [5.41, 5.74) is 9.56. The van der Waals surface area contributed by atoms with E-state index in [0.717, 1.165) is 18.1 Å². The van der Waals surface area contributed by atoms with Gasteiger partial charge < -0.3 is 5.53 Å². The summed E-state index contributed by atoms with van der Waals surface area (Å²) in [4.78, 5) is 3.31. The lowest BCUT2D eigenvalue weighted by atomic mass is 9.88. The van der Waals surface area contributed by atoms with E-state index in [2.05, 4.69) is 4.79 Å². The Labute approximate surface area is 60.9 Å². The quantitative estimate of drug-likeness (QED) is 0.359. The van der Waals surface area contributed by atoms with E-state index in [4.69, 9.17) is 5.53 Å². The molecule has 53 valence electrons. The van der Waals surface area contributed by atoms with Gasteiger partial charge in [-0.15, -0.1) is 0 Å². The van der Waals surface area contributed by atoms with Gasteiger partial charge in [0.1, 0.15) is 0 Å². The summed E-state index contributed by atoms with van der Waals surface area (Å²) in [6.07, 6.45) is 5.97. The van der Waals surface area contributed by atoms with Crippen molar-refractivity contribution in [2.24, 2.45) is 5.92 Å². The fourth-order valence-electron chi connectivity index (χ4n) is 2.08. The highest BCUT2D eigenvalue weighted by Crippen LogP contribution is 2.41. The molecule has 0 amide bonds. The molecule has 1 atom stereocenters. The number of hydrogen-bond donors (Lipinski definition) is 0. The van der Waals surface area contributed by atoms with Crippen LogP contribution in [0.15, 0.2) is 0 Å². The van der Waals surface area contributed by atoms with Gasteiger partial charge >= 0.3 is 0 Å². The lowest BCUT2D eigenvalue weighted by Gasteiger charge is -2.12. The molecule has 0 spiro atoms. The van der Waals surface area contributed by atoms with Crippen molar-refractivity contribution in [1.29, 1.82) is 0 Å². The molecule has 2 fully saturated rings. The third-order valence-corrected chi connectivity index (χ3v) is 2.71. The normalized spacial score (nSPS) is 32.4. The van der Waals surface area contributed by atoms with Crippen molar-refractivity contribution in [3.05, 3.63) is 11.4 Å². The first-order chi connectivity index (χ1) is 4.90. The largest absolute Gasteiger partial charge is 0.362 e. The molecule has 2 aliphatic carbocycles. The molecule has 0 saturated heterocycles. The summed E-state index contributed by atoms with van der Waals surface area (Å²) >= 11 is 0. The lowest BCUT2D eigenvalue weighted by molar-refractivity contribution is -0.0110. The molecule has 2 saturated carbocycles. The monoisotopic (exact) mass is 135 g/mol. The maximum atomic E-state index is 8.58. The highest BCUT2D eigenvalue weighted by Gasteiger charge is 2.38. The summed E-state index contributed by atoms with van der Waals surface area (Å²) in [7, 11) is 0. The Hall–Kier alpha value is -0.620. The maximum Gasteiger partial charge on any atom is 0.276 e. The topological polar surface area (TPSA) is 36.4 Å². The molecule has 0 aromatic carbocycles. The average molecular weight is 135 g/mol. The van der Waals surface area contributed by atoms with Crippen molar-refractivity contribution < 1.29 is 4.79 Å². The van der Waals surface area contributed by atoms with Crippen molar-refractivity contribution in [3.8, 4) is 0 Å². The highest BCUT2D eigenvalue weighted by atomic mass is 14.9. The zero-order chi connectivity index (χ0) is 6.97. The minimum atomic E-state index is 0.917. The Morgan fingerprint density at radius 3 is 2.90 bits per heavy atom. The van der Waals surface area contributed by atoms with Gasteiger partial charge in [0, 0.05) is 6.42 Å². The Morgan fingerprint density at radius 2 is 2.10 bits per heavy atom. The smallest absolute Gasteiger partial charge is 0.276 e. The van der Waals surface area contributed by atoms with Gasteiger partial charge in [0.05, 0.1) is 5.92 Å². The van der Waals surface area contributed by atoms with E-state index >= 15 is 0 Å². The molecule has 0 heterocycles. The van der Waals surface area contributed by atoms with Crippen LogP contribution in [0.5, 0.6) is 0 Å². The van der Waals surface area contributed by atoms with Crippen LogP contribution >= 0.6 is 0 Å². The first kappa shape index (κ1) is 6.11. The van der Waals surface area contributed by atoms with Crippen LogP contribution in [-0.2, 0) is 0 Å². The molecule has 2 heteroatoms. The van der Waals surface area contributed by atoms with E-state index in [1.165, 1.54) is 31.6 Å². The van der Waals surface area contributed by atoms with Crippen molar-refractivity contribution in [2.45, 2.75) is 32.1 Å². The van der Waals surface area contributed by atoms with E-state index in [1.807, 2.05) is 0 Å². The zero-order valence-electron chi connectivity index (χ0n) is 6.01. The number of rotatable bonds is 0. The van der Waals surface area contributed by atoms with E-state index in [0.29, 0.717) is 0 Å². The molecule has 10 heavy (non-hydrogen) atoms. The second-order valence-electron chi connectivity index (χ2n) is 3.30. The number of fused-ring (bicyclic) bond motifs is 2. The molecule has 1 unspecified atom stereocenters. The summed E-state index contributed by atoms with van der Waals surface area (Å²) < 4.78 is 0. The first-order valence-electron chi connectivity index (χ1n) is 3.96. The molecule has 1 radical (unpaired) electrons. The second kappa shape index (κ2) is 2.21. The molecular weight excluding hydrogens is 124 g/mol. The lowest BCUT2D eigenvalue weighted by Crippen LogP contribution is -2.16. The fourth-order valence-corrected chi connectivity index (χ4v) is 2.08. The molecule has 0 aromatic rings. The fraction of sp³-hybridized carbons (Fsp3) is 0.750. The SMILES string of the molecule is [N-]=[N+]=C1CCC2CC[C]1C2. The van der Waals surface area contributed by atoms with Gasteiger partial charge in [0.15, 0.2) is 0 Å². The van der Waals surface area contributed by atoms with Gasteiger partial charge in [-0.2, -0.15) is 4.79 Å². The molecule has 0 aromatic heterocycles. The Balaban J connectivity index is 2.21. The van der Waals surface area contributed by atoms with Crippen LogP contribution in [0.25, 0.3) is 5.53 Å².